The molecule has 0 spiro atoms. The second-order valence-electron chi connectivity index (χ2n) is 7.32. The molecule has 3 rings (SSSR count). The molecule has 0 fully saturated rings. The van der Waals surface area contributed by atoms with Gasteiger partial charge in [-0.25, -0.2) is 39.5 Å². The van der Waals surface area contributed by atoms with Crippen molar-refractivity contribution in [3.05, 3.63) is 105 Å². The van der Waals surface area contributed by atoms with Gasteiger partial charge >= 0.3 is 0 Å². The molecule has 37 heavy (non-hydrogen) atoms. The molecule has 0 N–H and O–H groups in total. The number of halogens is 9. The van der Waals surface area contributed by atoms with E-state index in [-0.39, 0.29) is 52.9 Å². The Hall–Kier alpha value is -2.35. The van der Waals surface area contributed by atoms with E-state index in [2.05, 4.69) is 18.2 Å². The van der Waals surface area contributed by atoms with Crippen molar-refractivity contribution in [2.24, 2.45) is 0 Å². The number of hydrogen-bond acceptors (Lipinski definition) is 0. The third-order valence-electron chi connectivity index (χ3n) is 4.45. The van der Waals surface area contributed by atoms with Crippen molar-refractivity contribution in [1.29, 1.82) is 0 Å². The van der Waals surface area contributed by atoms with Gasteiger partial charge < -0.3 is 0 Å². The van der Waals surface area contributed by atoms with Crippen LogP contribution in [0.5, 0.6) is 0 Å². The third-order valence-corrected chi connectivity index (χ3v) is 4.45. The summed E-state index contributed by atoms with van der Waals surface area (Å²) in [6.07, 6.45) is 0. The zero-order valence-corrected chi connectivity index (χ0v) is 22.9. The van der Waals surface area contributed by atoms with E-state index in [1.807, 2.05) is 0 Å². The normalized spacial score (nSPS) is 9.97. The molecule has 200 valence electrons. The Balaban J connectivity index is 0.000000518. The fourth-order valence-corrected chi connectivity index (χ4v) is 2.97. The van der Waals surface area contributed by atoms with Gasteiger partial charge in [-0.05, 0) is 0 Å². The Labute approximate surface area is 223 Å². The van der Waals surface area contributed by atoms with Gasteiger partial charge in [0.1, 0.15) is 0 Å². The smallest absolute Gasteiger partial charge is 0.0926 e. The summed E-state index contributed by atoms with van der Waals surface area (Å²) in [4.78, 5) is 0. The minimum Gasteiger partial charge on any atom is -0.248 e. The average Bonchev–Trinajstić information content (AvgIpc) is 2.96. The molecule has 0 amide bonds. The minimum absolute atomic E-state index is 0. The zero-order chi connectivity index (χ0) is 26.9. The standard InChI is InChI=1S/3C9H8F3.Zn/c3*10-4-7-1-8(5-11)3-9(2-7)6-12;/h3*1-2H,4-6H2;/q3*-1;. The molecule has 0 atom stereocenters. The summed E-state index contributed by atoms with van der Waals surface area (Å²) in [5.74, 6) is 0. The van der Waals surface area contributed by atoms with E-state index in [9.17, 15) is 39.5 Å². The predicted molar refractivity (Wildman–Crippen MR) is 119 cm³/mol. The Morgan fingerprint density at radius 2 is 0.486 bits per heavy atom. The molecule has 0 heterocycles. The first-order valence-corrected chi connectivity index (χ1v) is 10.6. The largest absolute Gasteiger partial charge is 0.248 e. The second kappa shape index (κ2) is 19.7. The molecule has 0 saturated carbocycles. The van der Waals surface area contributed by atoms with E-state index in [0.29, 0.717) is 16.7 Å². The van der Waals surface area contributed by atoms with E-state index >= 15 is 0 Å². The van der Waals surface area contributed by atoms with Gasteiger partial charge in [-0.15, -0.1) is 50.1 Å². The molecule has 0 aliphatic rings. The summed E-state index contributed by atoms with van der Waals surface area (Å²) in [5.41, 5.74) is 2.14. The van der Waals surface area contributed by atoms with Crippen molar-refractivity contribution in [3.63, 3.8) is 0 Å². The molecular weight excluding hydrogens is 561 g/mol. The van der Waals surface area contributed by atoms with Crippen LogP contribution in [-0.4, -0.2) is 0 Å². The van der Waals surface area contributed by atoms with Gasteiger partial charge in [-0.3, -0.25) is 0 Å². The second-order valence-corrected chi connectivity index (χ2v) is 7.32. The fourth-order valence-electron chi connectivity index (χ4n) is 2.97. The monoisotopic (exact) mass is 583 g/mol. The predicted octanol–water partition coefficient (Wildman–Crippen LogP) is 8.68. The van der Waals surface area contributed by atoms with Crippen molar-refractivity contribution >= 4 is 0 Å². The van der Waals surface area contributed by atoms with Gasteiger partial charge in [-0.2, -0.15) is 54.6 Å². The van der Waals surface area contributed by atoms with Crippen LogP contribution in [0.3, 0.4) is 0 Å². The van der Waals surface area contributed by atoms with E-state index in [1.165, 1.54) is 36.4 Å². The average molecular weight is 585 g/mol. The molecule has 0 bridgehead atoms. The molecule has 0 unspecified atom stereocenters. The summed E-state index contributed by atoms with van der Waals surface area (Å²) in [6.45, 7) is -6.51. The molecule has 0 aromatic heterocycles. The van der Waals surface area contributed by atoms with Gasteiger partial charge in [0.25, 0.3) is 0 Å². The Bertz CT molecular complexity index is 747. The third kappa shape index (κ3) is 12.6. The van der Waals surface area contributed by atoms with E-state index in [1.54, 1.807) is 0 Å². The molecular formula is C27H24F9Zn-3. The maximum atomic E-state index is 12.1. The minimum atomic E-state index is -0.735. The van der Waals surface area contributed by atoms with Crippen molar-refractivity contribution in [2.75, 3.05) is 0 Å². The van der Waals surface area contributed by atoms with Crippen LogP contribution in [0.1, 0.15) is 50.1 Å². The number of benzene rings is 3. The maximum Gasteiger partial charge on any atom is 0.0926 e. The first kappa shape index (κ1) is 34.7. The van der Waals surface area contributed by atoms with Crippen LogP contribution in [0.2, 0.25) is 0 Å². The van der Waals surface area contributed by atoms with E-state index in [0.717, 1.165) is 0 Å². The van der Waals surface area contributed by atoms with Crippen molar-refractivity contribution < 1.29 is 59.0 Å². The Kier molecular flexibility index (Phi) is 18.5. The molecule has 0 aliphatic heterocycles. The molecule has 0 saturated heterocycles. The Morgan fingerprint density at radius 1 is 0.324 bits per heavy atom. The molecule has 10 heteroatoms. The fraction of sp³-hybridized carbons (Fsp3) is 0.333. The molecule has 3 aromatic carbocycles. The van der Waals surface area contributed by atoms with Crippen molar-refractivity contribution in [3.8, 4) is 0 Å². The first-order valence-electron chi connectivity index (χ1n) is 10.6. The van der Waals surface area contributed by atoms with E-state index in [4.69, 9.17) is 0 Å². The maximum absolute atomic E-state index is 12.1. The van der Waals surface area contributed by atoms with Crippen LogP contribution < -0.4 is 0 Å². The Morgan fingerprint density at radius 3 is 0.595 bits per heavy atom. The molecule has 0 nitrogen and oxygen atoms in total. The van der Waals surface area contributed by atoms with Gasteiger partial charge in [0, 0.05) is 19.5 Å². The summed E-state index contributed by atoms with van der Waals surface area (Å²) in [7, 11) is 0. The van der Waals surface area contributed by atoms with Gasteiger partial charge in [0.2, 0.25) is 0 Å². The number of hydrogen-bond donors (Lipinski definition) is 0. The summed E-state index contributed by atoms with van der Waals surface area (Å²) < 4.78 is 109. The van der Waals surface area contributed by atoms with Gasteiger partial charge in [0.05, 0.1) is 60.1 Å². The SMILES string of the molecule is FCc1[c-]c(CF)cc(CF)c1.FCc1[c-]c(CF)cc(CF)c1.FCc1[c-]c(CF)cc(CF)c1.[Zn]. The zero-order valence-electron chi connectivity index (χ0n) is 19.9. The van der Waals surface area contributed by atoms with Gasteiger partial charge in [-0.1, -0.05) is 0 Å². The summed E-state index contributed by atoms with van der Waals surface area (Å²) in [6, 6.07) is 15.6. The van der Waals surface area contributed by atoms with Crippen molar-refractivity contribution in [1.82, 2.24) is 0 Å². The van der Waals surface area contributed by atoms with Gasteiger partial charge in [0.15, 0.2) is 0 Å². The van der Waals surface area contributed by atoms with Crippen LogP contribution in [-0.2, 0) is 79.5 Å². The van der Waals surface area contributed by atoms with Crippen LogP contribution in [0.4, 0.5) is 39.5 Å². The molecule has 0 radical (unpaired) electrons. The topological polar surface area (TPSA) is 0 Å². The first-order chi connectivity index (χ1) is 17.4. The number of rotatable bonds is 9. The van der Waals surface area contributed by atoms with Crippen LogP contribution in [0.15, 0.2) is 36.4 Å². The molecule has 0 aliphatic carbocycles. The summed E-state index contributed by atoms with van der Waals surface area (Å²) in [5, 5.41) is 0. The van der Waals surface area contributed by atoms with Crippen LogP contribution >= 0.6 is 0 Å². The van der Waals surface area contributed by atoms with Crippen LogP contribution in [0.25, 0.3) is 0 Å². The summed E-state index contributed by atoms with van der Waals surface area (Å²) >= 11 is 0. The van der Waals surface area contributed by atoms with Crippen molar-refractivity contribution in [2.45, 2.75) is 60.1 Å². The van der Waals surface area contributed by atoms with Crippen LogP contribution in [0, 0.1) is 18.2 Å². The quantitative estimate of drug-likeness (QED) is 0.134. The van der Waals surface area contributed by atoms with E-state index < -0.39 is 60.1 Å². The number of alkyl halides is 9. The molecule has 3 aromatic rings.